The molecular formula is C90H95N3O15. The number of carbonyl (C=O) groups is 1. The molecule has 0 radical (unpaired) electrons. The summed E-state index contributed by atoms with van der Waals surface area (Å²) in [5.41, 5.74) is 14.4. The quantitative estimate of drug-likeness (QED) is 0.0403. The smallest absolute Gasteiger partial charge is 0.335 e. The maximum absolute atomic E-state index is 11.4. The Kier molecular flexibility index (Phi) is 22.5. The topological polar surface area (TPSA) is 211 Å². The number of aromatic carboxylic acids is 1. The summed E-state index contributed by atoms with van der Waals surface area (Å²) in [6.07, 6.45) is 2.67. The van der Waals surface area contributed by atoms with Crippen molar-refractivity contribution in [2.45, 2.75) is 79.1 Å². The zero-order valence-electron chi connectivity index (χ0n) is 62.3. The first kappa shape index (κ1) is 73.8. The van der Waals surface area contributed by atoms with Crippen LogP contribution in [0.25, 0.3) is 33.4 Å². The molecule has 9 aromatic rings. The summed E-state index contributed by atoms with van der Waals surface area (Å²) in [7, 11) is 1.53. The highest BCUT2D eigenvalue weighted by atomic mass is 16.7. The van der Waals surface area contributed by atoms with E-state index in [4.69, 9.17) is 42.6 Å². The predicted molar refractivity (Wildman–Crippen MR) is 419 cm³/mol. The molecule has 3 saturated heterocycles. The maximum atomic E-state index is 11.4. The number of benzene rings is 9. The average molecular weight is 1460 g/mol. The van der Waals surface area contributed by atoms with Gasteiger partial charge >= 0.3 is 5.97 Å². The zero-order valence-corrected chi connectivity index (χ0v) is 62.3. The Morgan fingerprint density at radius 2 is 0.750 bits per heavy atom. The van der Waals surface area contributed by atoms with Gasteiger partial charge in [0.2, 0.25) is 6.79 Å². The van der Waals surface area contributed by atoms with Crippen molar-refractivity contribution in [3.05, 3.63) is 244 Å². The van der Waals surface area contributed by atoms with Crippen LogP contribution in [-0.4, -0.2) is 139 Å². The highest BCUT2D eigenvalue weighted by molar-refractivity contribution is 5.99. The number of carboxylic acids is 1. The number of hydrogen-bond donors (Lipinski definition) is 5. The molecule has 7 aliphatic heterocycles. The van der Waals surface area contributed by atoms with E-state index >= 15 is 0 Å². The summed E-state index contributed by atoms with van der Waals surface area (Å²) in [5, 5.41) is 49.7. The van der Waals surface area contributed by atoms with Crippen molar-refractivity contribution < 1.29 is 73.0 Å². The van der Waals surface area contributed by atoms with Gasteiger partial charge in [-0.05, 0) is 216 Å². The highest BCUT2D eigenvalue weighted by Crippen LogP contribution is 2.52. The number of hydrogen-bond acceptors (Lipinski definition) is 17. The number of phenols is 4. The van der Waals surface area contributed by atoms with E-state index < -0.39 is 5.97 Å². The van der Waals surface area contributed by atoms with Crippen LogP contribution in [0.2, 0.25) is 0 Å². The van der Waals surface area contributed by atoms with Crippen LogP contribution in [0, 0.1) is 17.8 Å². The summed E-state index contributed by atoms with van der Waals surface area (Å²) in [4.78, 5) is 18.6. The van der Waals surface area contributed by atoms with Gasteiger partial charge in [0, 0.05) is 92.3 Å². The van der Waals surface area contributed by atoms with Gasteiger partial charge in [-0.25, -0.2) is 4.79 Å². The highest BCUT2D eigenvalue weighted by Gasteiger charge is 2.35. The fourth-order valence-corrected chi connectivity index (χ4v) is 15.3. The zero-order chi connectivity index (χ0) is 75.1. The molecule has 560 valence electrons. The van der Waals surface area contributed by atoms with Crippen LogP contribution < -0.4 is 42.6 Å². The number of ether oxygens (including phenoxy) is 9. The maximum Gasteiger partial charge on any atom is 0.335 e. The molecule has 18 heteroatoms. The van der Waals surface area contributed by atoms with Crippen molar-refractivity contribution in [2.24, 2.45) is 17.8 Å². The Morgan fingerprint density at radius 3 is 1.12 bits per heavy atom. The first-order valence-electron chi connectivity index (χ1n) is 37.6. The van der Waals surface area contributed by atoms with Crippen molar-refractivity contribution in [3.8, 4) is 74.7 Å². The standard InChI is InChI=1S/C30H31NO5.C30H33NO5.C30H31NO5/c1-3-20-16-31(17-20)12-13-33-24-8-4-21(5-9-24)30-29(22-6-10-27-28(14-22)35-18-34-27)19(2)25-15-23(32)7-11-26(25)36-30;1-4-20-17-31(18-20)13-14-35-24-9-5-21(6-10-24)30-29(22-7-11-26(33)28(15-22)34-3)19(2)25-16-23(32)8-12-27(25)36-30;1-3-20-17-31(18-20)14-15-35-25-11-8-22(9-12-25)29-28(21-4-6-23(7-5-21)30(33)34)19(2)26-16-24(32)10-13-27(26)36-29/h4-11,14-15,20,30,32H,3,12-13,16-18H2,1-2H3;5-12,15-16,20,30,32-33H,4,13-14,17-18H2,1-3H3;4-13,16,20,29,32H,3,14-15,17-18H2,1-2H3,(H,33,34). The molecule has 18 nitrogen and oxygen atoms in total. The lowest BCUT2D eigenvalue weighted by atomic mass is 9.86. The molecule has 108 heavy (non-hydrogen) atoms. The minimum absolute atomic E-state index is 0.0794. The van der Waals surface area contributed by atoms with Crippen LogP contribution in [0.15, 0.2) is 188 Å². The van der Waals surface area contributed by atoms with Crippen LogP contribution in [0.4, 0.5) is 0 Å². The molecule has 0 aliphatic carbocycles. The number of methoxy groups -OCH3 is 1. The summed E-state index contributed by atoms with van der Waals surface area (Å²) in [6.45, 7) is 25.0. The van der Waals surface area contributed by atoms with Gasteiger partial charge in [0.25, 0.3) is 0 Å². The Balaban J connectivity index is 0.000000136. The largest absolute Gasteiger partial charge is 0.508 e. The molecule has 0 spiro atoms. The fourth-order valence-electron chi connectivity index (χ4n) is 15.3. The lowest BCUT2D eigenvalue weighted by molar-refractivity contribution is 0.0696. The van der Waals surface area contributed by atoms with Gasteiger partial charge in [0.05, 0.1) is 12.7 Å². The number of aromatic hydroxyl groups is 4. The number of carboxylic acid groups (broad SMARTS) is 1. The molecule has 5 N–H and O–H groups in total. The fraction of sp³-hybridized carbons (Fsp3) is 0.322. The van der Waals surface area contributed by atoms with Gasteiger partial charge < -0.3 is 68.2 Å². The van der Waals surface area contributed by atoms with Crippen LogP contribution in [0.1, 0.15) is 140 Å². The van der Waals surface area contributed by atoms with Gasteiger partial charge in [-0.3, -0.25) is 14.7 Å². The Bertz CT molecular complexity index is 4630. The van der Waals surface area contributed by atoms with Crippen molar-refractivity contribution in [1.29, 1.82) is 0 Å². The number of rotatable bonds is 23. The number of likely N-dealkylation sites (tertiary alicyclic amines) is 3. The Labute approximate surface area is 631 Å². The first-order valence-corrected chi connectivity index (χ1v) is 37.6. The molecule has 3 atom stereocenters. The van der Waals surface area contributed by atoms with E-state index in [0.29, 0.717) is 37.1 Å². The summed E-state index contributed by atoms with van der Waals surface area (Å²) in [5.74, 6) is 8.74. The predicted octanol–water partition coefficient (Wildman–Crippen LogP) is 17.7. The van der Waals surface area contributed by atoms with E-state index in [1.807, 2.05) is 123 Å². The van der Waals surface area contributed by atoms with Crippen molar-refractivity contribution in [1.82, 2.24) is 14.7 Å². The van der Waals surface area contributed by atoms with E-state index in [0.717, 1.165) is 155 Å². The van der Waals surface area contributed by atoms with Crippen molar-refractivity contribution in [2.75, 3.05) is 92.6 Å². The molecule has 16 rings (SSSR count). The van der Waals surface area contributed by atoms with Gasteiger partial charge in [-0.15, -0.1) is 0 Å². The van der Waals surface area contributed by atoms with E-state index in [1.165, 1.54) is 65.6 Å². The third-order valence-electron chi connectivity index (χ3n) is 21.9. The third kappa shape index (κ3) is 16.4. The summed E-state index contributed by atoms with van der Waals surface area (Å²) in [6, 6.07) is 57.8. The number of fused-ring (bicyclic) bond motifs is 4. The molecule has 3 unspecified atom stereocenters. The number of phenolic OH excluding ortho intramolecular Hbond substituents is 4. The van der Waals surface area contributed by atoms with Gasteiger partial charge in [-0.2, -0.15) is 0 Å². The molecule has 0 saturated carbocycles. The summed E-state index contributed by atoms with van der Waals surface area (Å²) >= 11 is 0. The van der Waals surface area contributed by atoms with E-state index in [2.05, 4.69) is 54.5 Å². The minimum atomic E-state index is -0.964. The second-order valence-electron chi connectivity index (χ2n) is 28.8. The van der Waals surface area contributed by atoms with Crippen LogP contribution in [0.3, 0.4) is 0 Å². The molecule has 0 aromatic heterocycles. The minimum Gasteiger partial charge on any atom is -0.508 e. The Morgan fingerprint density at radius 1 is 0.407 bits per heavy atom. The third-order valence-corrected chi connectivity index (χ3v) is 21.9. The van der Waals surface area contributed by atoms with Crippen LogP contribution in [0.5, 0.6) is 74.7 Å². The second kappa shape index (κ2) is 33.0. The molecule has 3 fully saturated rings. The van der Waals surface area contributed by atoms with Crippen LogP contribution >= 0.6 is 0 Å². The van der Waals surface area contributed by atoms with Gasteiger partial charge in [0.1, 0.15) is 89.9 Å². The Hall–Kier alpha value is -11.1. The van der Waals surface area contributed by atoms with E-state index in [-0.39, 0.29) is 53.7 Å². The lowest BCUT2D eigenvalue weighted by Gasteiger charge is -2.38. The molecule has 0 bridgehead atoms. The van der Waals surface area contributed by atoms with Crippen LogP contribution in [-0.2, 0) is 0 Å². The van der Waals surface area contributed by atoms with E-state index in [1.54, 1.807) is 66.7 Å². The molecular weight excluding hydrogens is 1360 g/mol. The molecule has 7 aliphatic rings. The van der Waals surface area contributed by atoms with E-state index in [9.17, 15) is 30.3 Å². The molecule has 7 heterocycles. The monoisotopic (exact) mass is 1460 g/mol. The second-order valence-corrected chi connectivity index (χ2v) is 28.8. The van der Waals surface area contributed by atoms with Gasteiger partial charge in [-0.1, -0.05) is 101 Å². The SMILES string of the molecule is CCC1CN(CCOc2ccc(C3Oc4ccc(O)cc4C(C)=C3c3ccc(C(=O)O)cc3)cc2)C1.CCC1CN(CCOc2ccc(C3Oc4ccc(O)cc4C(C)=C3c3ccc(O)c(OC)c3)cc2)C1.CCC1CN(CCOc2ccc(C3Oc4ccc(O)cc4C(C)=C3c3ccc4c(c3)OCO4)cc2)C1. The van der Waals surface area contributed by atoms with Crippen molar-refractivity contribution in [3.63, 3.8) is 0 Å². The number of allylic oxidation sites excluding steroid dienone is 3. The average Bonchev–Trinajstić information content (AvgIpc) is 0.774. The molecule has 9 aromatic carbocycles. The number of nitrogens with zero attached hydrogens (tertiary/aromatic N) is 3. The van der Waals surface area contributed by atoms with Gasteiger partial charge in [0.15, 0.2) is 23.0 Å². The summed E-state index contributed by atoms with van der Waals surface area (Å²) < 4.78 is 54.0. The lowest BCUT2D eigenvalue weighted by Crippen LogP contribution is -2.47. The van der Waals surface area contributed by atoms with Crippen molar-refractivity contribution >= 4 is 39.4 Å². The normalized spacial score (nSPS) is 18.2. The molecule has 0 amide bonds. The first-order chi connectivity index (χ1) is 52.5.